The molecule has 0 aliphatic rings. The van der Waals surface area contributed by atoms with Crippen LogP contribution in [0.1, 0.15) is 15.9 Å². The van der Waals surface area contributed by atoms with Gasteiger partial charge in [-0.1, -0.05) is 30.3 Å². The smallest absolute Gasteiger partial charge is 0.251 e. The summed E-state index contributed by atoms with van der Waals surface area (Å²) in [5.74, 6) is -0.690. The maximum Gasteiger partial charge on any atom is 0.251 e. The summed E-state index contributed by atoms with van der Waals surface area (Å²) in [7, 11) is 0. The minimum Gasteiger partial charge on any atom is -0.348 e. The van der Waals surface area contributed by atoms with E-state index in [2.05, 4.69) is 11.4 Å². The summed E-state index contributed by atoms with van der Waals surface area (Å²) < 4.78 is 12.9. The van der Waals surface area contributed by atoms with Gasteiger partial charge in [-0.25, -0.2) is 4.39 Å². The average molecular weight is 228 g/mol. The molecule has 0 bridgehead atoms. The summed E-state index contributed by atoms with van der Waals surface area (Å²) >= 11 is 0. The normalized spacial score (nSPS) is 9.94. The Balaban J connectivity index is 1.98. The van der Waals surface area contributed by atoms with Gasteiger partial charge in [0.05, 0.1) is 0 Å². The summed E-state index contributed by atoms with van der Waals surface area (Å²) in [5, 5.41) is 2.72. The first-order valence-electron chi connectivity index (χ1n) is 5.24. The Morgan fingerprint density at radius 2 is 2.00 bits per heavy atom. The van der Waals surface area contributed by atoms with E-state index >= 15 is 0 Å². The molecule has 0 saturated heterocycles. The molecule has 3 heteroatoms. The van der Waals surface area contributed by atoms with E-state index in [1.807, 2.05) is 12.1 Å². The standard InChI is InChI=1S/C14H11FNO/c15-13-8-4-7-12(9-13)14(17)16-10-11-5-2-1-3-6-11/h2-9H,10H2,(H,16,17). The highest BCUT2D eigenvalue weighted by atomic mass is 19.1. The second-order valence-corrected chi connectivity index (χ2v) is 3.60. The van der Waals surface area contributed by atoms with Gasteiger partial charge in [0.15, 0.2) is 0 Å². The molecule has 1 N–H and O–H groups in total. The van der Waals surface area contributed by atoms with Gasteiger partial charge in [0.1, 0.15) is 5.82 Å². The number of amides is 1. The maximum absolute atomic E-state index is 12.9. The van der Waals surface area contributed by atoms with E-state index in [0.717, 1.165) is 5.56 Å². The van der Waals surface area contributed by atoms with Crippen LogP contribution in [-0.4, -0.2) is 5.91 Å². The van der Waals surface area contributed by atoms with Crippen molar-refractivity contribution in [3.8, 4) is 0 Å². The van der Waals surface area contributed by atoms with E-state index in [1.54, 1.807) is 18.2 Å². The SMILES string of the molecule is O=C(NCc1cc[c]cc1)c1cccc(F)c1. The molecule has 0 aromatic heterocycles. The van der Waals surface area contributed by atoms with E-state index in [-0.39, 0.29) is 5.91 Å². The van der Waals surface area contributed by atoms with Crippen molar-refractivity contribution in [2.45, 2.75) is 6.54 Å². The van der Waals surface area contributed by atoms with Crippen LogP contribution < -0.4 is 5.32 Å². The van der Waals surface area contributed by atoms with Crippen LogP contribution in [0.15, 0.2) is 48.5 Å². The lowest BCUT2D eigenvalue weighted by molar-refractivity contribution is 0.0950. The van der Waals surface area contributed by atoms with E-state index < -0.39 is 5.82 Å². The van der Waals surface area contributed by atoms with Crippen LogP contribution in [0, 0.1) is 11.9 Å². The number of halogens is 1. The van der Waals surface area contributed by atoms with Crippen molar-refractivity contribution >= 4 is 5.91 Å². The molecule has 0 fully saturated rings. The first-order valence-corrected chi connectivity index (χ1v) is 5.24. The van der Waals surface area contributed by atoms with Gasteiger partial charge in [-0.15, -0.1) is 0 Å². The number of carbonyl (C=O) groups excluding carboxylic acids is 1. The van der Waals surface area contributed by atoms with Crippen molar-refractivity contribution in [3.63, 3.8) is 0 Å². The van der Waals surface area contributed by atoms with Crippen LogP contribution in [0.4, 0.5) is 4.39 Å². The highest BCUT2D eigenvalue weighted by molar-refractivity contribution is 5.94. The number of carbonyl (C=O) groups is 1. The predicted octanol–water partition coefficient (Wildman–Crippen LogP) is 2.56. The van der Waals surface area contributed by atoms with Crippen LogP contribution in [0.3, 0.4) is 0 Å². The molecule has 0 aliphatic carbocycles. The molecule has 0 saturated carbocycles. The molecule has 2 aromatic carbocycles. The lowest BCUT2D eigenvalue weighted by atomic mass is 10.2. The van der Waals surface area contributed by atoms with Crippen LogP contribution in [0.5, 0.6) is 0 Å². The zero-order valence-electron chi connectivity index (χ0n) is 9.11. The second kappa shape index (κ2) is 5.25. The number of nitrogens with one attached hydrogen (secondary N) is 1. The molecule has 2 nitrogen and oxygen atoms in total. The van der Waals surface area contributed by atoms with Gasteiger partial charge in [-0.2, -0.15) is 0 Å². The predicted molar refractivity (Wildman–Crippen MR) is 62.8 cm³/mol. The minimum absolute atomic E-state index is 0.280. The Hall–Kier alpha value is -2.16. The molecular formula is C14H11FNO. The lowest BCUT2D eigenvalue weighted by Gasteiger charge is -2.05. The van der Waals surface area contributed by atoms with E-state index in [4.69, 9.17) is 0 Å². The molecule has 2 aromatic rings. The monoisotopic (exact) mass is 228 g/mol. The Kier molecular flexibility index (Phi) is 3.50. The van der Waals surface area contributed by atoms with Crippen LogP contribution in [-0.2, 0) is 6.54 Å². The number of hydrogen-bond donors (Lipinski definition) is 1. The Morgan fingerprint density at radius 3 is 2.71 bits per heavy atom. The van der Waals surface area contributed by atoms with Crippen molar-refractivity contribution in [2.75, 3.05) is 0 Å². The van der Waals surface area contributed by atoms with E-state index in [1.165, 1.54) is 18.2 Å². The molecule has 0 aliphatic heterocycles. The maximum atomic E-state index is 12.9. The third-order valence-corrected chi connectivity index (χ3v) is 2.33. The molecule has 2 rings (SSSR count). The third-order valence-electron chi connectivity index (χ3n) is 2.33. The fourth-order valence-electron chi connectivity index (χ4n) is 1.45. The third kappa shape index (κ3) is 3.14. The van der Waals surface area contributed by atoms with Gasteiger partial charge < -0.3 is 5.32 Å². The summed E-state index contributed by atoms with van der Waals surface area (Å²) in [6.45, 7) is 0.421. The zero-order chi connectivity index (χ0) is 12.1. The van der Waals surface area contributed by atoms with Crippen molar-refractivity contribution in [3.05, 3.63) is 71.5 Å². The lowest BCUT2D eigenvalue weighted by Crippen LogP contribution is -2.22. The van der Waals surface area contributed by atoms with Gasteiger partial charge in [-0.3, -0.25) is 4.79 Å². The molecule has 17 heavy (non-hydrogen) atoms. The van der Waals surface area contributed by atoms with Crippen molar-refractivity contribution < 1.29 is 9.18 Å². The Labute approximate surface area is 99.1 Å². The largest absolute Gasteiger partial charge is 0.348 e. The fourth-order valence-corrected chi connectivity index (χ4v) is 1.45. The summed E-state index contributed by atoms with van der Waals surface area (Å²) in [6.07, 6.45) is 0. The first-order chi connectivity index (χ1) is 8.25. The molecule has 0 heterocycles. The van der Waals surface area contributed by atoms with Gasteiger partial charge in [0.2, 0.25) is 0 Å². The van der Waals surface area contributed by atoms with Crippen LogP contribution in [0.2, 0.25) is 0 Å². The topological polar surface area (TPSA) is 29.1 Å². The Bertz CT molecular complexity index is 511. The van der Waals surface area contributed by atoms with Crippen molar-refractivity contribution in [1.82, 2.24) is 5.32 Å². The molecule has 1 amide bonds. The summed E-state index contributed by atoms with van der Waals surface area (Å²) in [6, 6.07) is 15.8. The zero-order valence-corrected chi connectivity index (χ0v) is 9.11. The number of hydrogen-bond acceptors (Lipinski definition) is 1. The second-order valence-electron chi connectivity index (χ2n) is 3.60. The van der Waals surface area contributed by atoms with Crippen LogP contribution >= 0.6 is 0 Å². The minimum atomic E-state index is -0.410. The highest BCUT2D eigenvalue weighted by Gasteiger charge is 2.05. The first kappa shape index (κ1) is 11.3. The van der Waals surface area contributed by atoms with E-state index in [0.29, 0.717) is 12.1 Å². The molecule has 0 unspecified atom stereocenters. The van der Waals surface area contributed by atoms with Gasteiger partial charge in [0, 0.05) is 12.1 Å². The molecule has 0 atom stereocenters. The highest BCUT2D eigenvalue weighted by Crippen LogP contribution is 2.04. The van der Waals surface area contributed by atoms with Gasteiger partial charge in [-0.05, 0) is 29.8 Å². The Morgan fingerprint density at radius 1 is 1.24 bits per heavy atom. The van der Waals surface area contributed by atoms with Crippen molar-refractivity contribution in [2.24, 2.45) is 0 Å². The quantitative estimate of drug-likeness (QED) is 0.859. The van der Waals surface area contributed by atoms with Crippen molar-refractivity contribution in [1.29, 1.82) is 0 Å². The summed E-state index contributed by atoms with van der Waals surface area (Å²) in [5.41, 5.74) is 1.31. The molecule has 85 valence electrons. The van der Waals surface area contributed by atoms with Gasteiger partial charge >= 0.3 is 0 Å². The molecule has 1 radical (unpaired) electrons. The number of benzene rings is 2. The molecule has 0 spiro atoms. The summed E-state index contributed by atoms with van der Waals surface area (Å²) in [4.78, 5) is 11.7. The number of rotatable bonds is 3. The van der Waals surface area contributed by atoms with Crippen LogP contribution in [0.25, 0.3) is 0 Å². The van der Waals surface area contributed by atoms with Gasteiger partial charge in [0.25, 0.3) is 5.91 Å². The molecular weight excluding hydrogens is 217 g/mol. The van der Waals surface area contributed by atoms with E-state index in [9.17, 15) is 9.18 Å². The average Bonchev–Trinajstić information content (AvgIpc) is 2.37. The fraction of sp³-hybridized carbons (Fsp3) is 0.0714.